The number of halogens is 1. The van der Waals surface area contributed by atoms with Crippen molar-refractivity contribution in [2.45, 2.75) is 11.9 Å². The summed E-state index contributed by atoms with van der Waals surface area (Å²) in [5.41, 5.74) is 1.51. The van der Waals surface area contributed by atoms with Crippen LogP contribution in [0.5, 0.6) is 0 Å². The van der Waals surface area contributed by atoms with Crippen LogP contribution in [0.3, 0.4) is 0 Å². The number of aromatic nitrogens is 2. The van der Waals surface area contributed by atoms with E-state index in [2.05, 4.69) is 14.7 Å². The van der Waals surface area contributed by atoms with E-state index in [4.69, 9.17) is 0 Å². The van der Waals surface area contributed by atoms with Gasteiger partial charge in [0.2, 0.25) is 0 Å². The number of sulfonamides is 1. The number of para-hydroxylation sites is 1. The first-order chi connectivity index (χ1) is 10.5. The van der Waals surface area contributed by atoms with E-state index >= 15 is 0 Å². The standard InChI is InChI=1S/C15H12FN3O2S/c1-10-5-6-14(17-8-10)22(20,21)19-13-4-2-3-11-7-12(16)9-18-15(11)13/h2-9,19H,1H3. The Kier molecular flexibility index (Phi) is 3.50. The van der Waals surface area contributed by atoms with Gasteiger partial charge in [-0.3, -0.25) is 9.71 Å². The quantitative estimate of drug-likeness (QED) is 0.806. The maximum absolute atomic E-state index is 13.2. The first-order valence-electron chi connectivity index (χ1n) is 6.45. The van der Waals surface area contributed by atoms with Gasteiger partial charge < -0.3 is 0 Å². The number of nitrogens with zero attached hydrogens (tertiary/aromatic N) is 2. The van der Waals surface area contributed by atoms with Crippen molar-refractivity contribution in [3.63, 3.8) is 0 Å². The van der Waals surface area contributed by atoms with Gasteiger partial charge in [-0.15, -0.1) is 0 Å². The molecule has 1 aromatic carbocycles. The number of hydrogen-bond donors (Lipinski definition) is 1. The smallest absolute Gasteiger partial charge is 0.276 e. The molecule has 2 heterocycles. The highest BCUT2D eigenvalue weighted by molar-refractivity contribution is 7.92. The zero-order valence-corrected chi connectivity index (χ0v) is 12.4. The Bertz CT molecular complexity index is 941. The van der Waals surface area contributed by atoms with Crippen LogP contribution >= 0.6 is 0 Å². The van der Waals surface area contributed by atoms with E-state index in [9.17, 15) is 12.8 Å². The van der Waals surface area contributed by atoms with Gasteiger partial charge in [-0.25, -0.2) is 9.37 Å². The van der Waals surface area contributed by atoms with Gasteiger partial charge in [0.25, 0.3) is 10.0 Å². The van der Waals surface area contributed by atoms with Gasteiger partial charge in [0.05, 0.1) is 17.4 Å². The third-order valence-corrected chi connectivity index (χ3v) is 4.36. The Labute approximate surface area is 126 Å². The van der Waals surface area contributed by atoms with Gasteiger partial charge in [-0.2, -0.15) is 8.42 Å². The van der Waals surface area contributed by atoms with Crippen molar-refractivity contribution in [1.82, 2.24) is 9.97 Å². The van der Waals surface area contributed by atoms with Crippen molar-refractivity contribution < 1.29 is 12.8 Å². The Morgan fingerprint density at radius 2 is 1.91 bits per heavy atom. The first kappa shape index (κ1) is 14.4. The number of aryl methyl sites for hydroxylation is 1. The third-order valence-electron chi connectivity index (χ3n) is 3.08. The largest absolute Gasteiger partial charge is 0.279 e. The summed E-state index contributed by atoms with van der Waals surface area (Å²) in [6.45, 7) is 1.82. The summed E-state index contributed by atoms with van der Waals surface area (Å²) in [6.07, 6.45) is 2.52. The lowest BCUT2D eigenvalue weighted by Crippen LogP contribution is -2.14. The molecule has 0 atom stereocenters. The van der Waals surface area contributed by atoms with Gasteiger partial charge in [0, 0.05) is 11.6 Å². The number of hydrogen-bond acceptors (Lipinski definition) is 4. The van der Waals surface area contributed by atoms with Gasteiger partial charge in [0.1, 0.15) is 5.82 Å². The molecule has 0 unspecified atom stereocenters. The Hall–Kier alpha value is -2.54. The van der Waals surface area contributed by atoms with Gasteiger partial charge in [-0.1, -0.05) is 18.2 Å². The summed E-state index contributed by atoms with van der Waals surface area (Å²) in [5.74, 6) is -0.479. The number of nitrogens with one attached hydrogen (secondary N) is 1. The summed E-state index contributed by atoms with van der Waals surface area (Å²) >= 11 is 0. The van der Waals surface area contributed by atoms with Crippen LogP contribution in [0.4, 0.5) is 10.1 Å². The van der Waals surface area contributed by atoms with Crippen molar-refractivity contribution in [3.05, 3.63) is 60.2 Å². The fourth-order valence-corrected chi connectivity index (χ4v) is 3.02. The average Bonchev–Trinajstić information content (AvgIpc) is 2.47. The predicted molar refractivity (Wildman–Crippen MR) is 81.5 cm³/mol. The van der Waals surface area contributed by atoms with Crippen molar-refractivity contribution >= 4 is 26.6 Å². The lowest BCUT2D eigenvalue weighted by atomic mass is 10.2. The zero-order valence-electron chi connectivity index (χ0n) is 11.6. The minimum atomic E-state index is -3.83. The summed E-state index contributed by atoms with van der Waals surface area (Å²) in [4.78, 5) is 7.86. The number of benzene rings is 1. The van der Waals surface area contributed by atoms with E-state index in [0.717, 1.165) is 11.8 Å². The fourth-order valence-electron chi connectivity index (χ4n) is 2.03. The van der Waals surface area contributed by atoms with E-state index in [1.807, 2.05) is 6.92 Å². The highest BCUT2D eigenvalue weighted by atomic mass is 32.2. The maximum atomic E-state index is 13.2. The van der Waals surface area contributed by atoms with Gasteiger partial charge in [0.15, 0.2) is 5.03 Å². The van der Waals surface area contributed by atoms with E-state index in [0.29, 0.717) is 10.9 Å². The first-order valence-corrected chi connectivity index (χ1v) is 7.94. The molecule has 0 saturated heterocycles. The van der Waals surface area contributed by atoms with Crippen molar-refractivity contribution in [2.75, 3.05) is 4.72 Å². The molecular weight excluding hydrogens is 305 g/mol. The normalized spacial score (nSPS) is 11.5. The van der Waals surface area contributed by atoms with Crippen LogP contribution in [-0.2, 0) is 10.0 Å². The lowest BCUT2D eigenvalue weighted by molar-refractivity contribution is 0.597. The minimum Gasteiger partial charge on any atom is -0.276 e. The van der Waals surface area contributed by atoms with E-state index in [1.165, 1.54) is 18.3 Å². The minimum absolute atomic E-state index is 0.0859. The number of pyridine rings is 2. The number of fused-ring (bicyclic) bond motifs is 1. The van der Waals surface area contributed by atoms with E-state index in [1.54, 1.807) is 24.3 Å². The second-order valence-electron chi connectivity index (χ2n) is 4.81. The monoisotopic (exact) mass is 317 g/mol. The van der Waals surface area contributed by atoms with Crippen LogP contribution in [0.15, 0.2) is 53.8 Å². The van der Waals surface area contributed by atoms with Crippen LogP contribution in [0.2, 0.25) is 0 Å². The number of rotatable bonds is 3. The Morgan fingerprint density at radius 3 is 2.64 bits per heavy atom. The van der Waals surface area contributed by atoms with Gasteiger partial charge in [-0.05, 0) is 30.7 Å². The molecule has 1 N–H and O–H groups in total. The third kappa shape index (κ3) is 2.75. The molecule has 0 aliphatic carbocycles. The Balaban J connectivity index is 2.04. The Morgan fingerprint density at radius 1 is 1.09 bits per heavy atom. The summed E-state index contributed by atoms with van der Waals surface area (Å²) < 4.78 is 40.3. The average molecular weight is 317 g/mol. The maximum Gasteiger partial charge on any atom is 0.279 e. The van der Waals surface area contributed by atoms with Crippen molar-refractivity contribution in [1.29, 1.82) is 0 Å². The molecule has 22 heavy (non-hydrogen) atoms. The van der Waals surface area contributed by atoms with Crippen LogP contribution in [-0.4, -0.2) is 18.4 Å². The fraction of sp³-hybridized carbons (Fsp3) is 0.0667. The molecule has 0 amide bonds. The predicted octanol–water partition coefficient (Wildman–Crippen LogP) is 2.88. The molecule has 0 aliphatic rings. The molecule has 2 aromatic heterocycles. The van der Waals surface area contributed by atoms with Crippen molar-refractivity contribution in [2.24, 2.45) is 0 Å². The van der Waals surface area contributed by atoms with Crippen LogP contribution in [0.1, 0.15) is 5.56 Å². The molecule has 3 rings (SSSR count). The molecule has 0 bridgehead atoms. The zero-order chi connectivity index (χ0) is 15.7. The molecule has 7 heteroatoms. The summed E-state index contributed by atoms with van der Waals surface area (Å²) in [7, 11) is -3.83. The van der Waals surface area contributed by atoms with Crippen LogP contribution < -0.4 is 4.72 Å². The molecule has 0 saturated carbocycles. The summed E-state index contributed by atoms with van der Waals surface area (Å²) in [6, 6.07) is 9.24. The summed E-state index contributed by atoms with van der Waals surface area (Å²) in [5, 5.41) is 0.425. The second kappa shape index (κ2) is 5.34. The number of anilines is 1. The van der Waals surface area contributed by atoms with E-state index in [-0.39, 0.29) is 10.7 Å². The molecule has 0 aliphatic heterocycles. The SMILES string of the molecule is Cc1ccc(S(=O)(=O)Nc2cccc3cc(F)cnc23)nc1. The second-order valence-corrected chi connectivity index (χ2v) is 6.44. The molecule has 0 fully saturated rings. The topological polar surface area (TPSA) is 72.0 Å². The highest BCUT2D eigenvalue weighted by Crippen LogP contribution is 2.24. The molecule has 3 aromatic rings. The highest BCUT2D eigenvalue weighted by Gasteiger charge is 2.17. The molecular formula is C15H12FN3O2S. The van der Waals surface area contributed by atoms with Crippen molar-refractivity contribution in [3.8, 4) is 0 Å². The lowest BCUT2D eigenvalue weighted by Gasteiger charge is -2.09. The van der Waals surface area contributed by atoms with E-state index < -0.39 is 15.8 Å². The van der Waals surface area contributed by atoms with Gasteiger partial charge >= 0.3 is 0 Å². The molecule has 0 spiro atoms. The molecule has 5 nitrogen and oxygen atoms in total. The van der Waals surface area contributed by atoms with Crippen LogP contribution in [0, 0.1) is 12.7 Å². The molecule has 112 valence electrons. The molecule has 0 radical (unpaired) electrons. The van der Waals surface area contributed by atoms with Crippen LogP contribution in [0.25, 0.3) is 10.9 Å².